The third-order valence-corrected chi connectivity index (χ3v) is 5.40. The Morgan fingerprint density at radius 3 is 2.58 bits per heavy atom. The number of fused-ring (bicyclic) bond motifs is 1. The number of allylic oxidation sites excluding steroid dienone is 1. The van der Waals surface area contributed by atoms with Crippen molar-refractivity contribution in [1.29, 1.82) is 5.26 Å². The monoisotopic (exact) mass is 277 g/mol. The number of hydrogen-bond acceptors (Lipinski definition) is 3. The Morgan fingerprint density at radius 1 is 1.32 bits per heavy atom. The van der Waals surface area contributed by atoms with E-state index in [1.54, 1.807) is 6.08 Å². The summed E-state index contributed by atoms with van der Waals surface area (Å²) in [5, 5.41) is 9.81. The molecule has 1 saturated carbocycles. The summed E-state index contributed by atoms with van der Waals surface area (Å²) in [6.45, 7) is 8.50. The summed E-state index contributed by atoms with van der Waals surface area (Å²) in [5.41, 5.74) is 0.117. The van der Waals surface area contributed by atoms with Crippen LogP contribution >= 0.6 is 0 Å². The second kappa shape index (κ2) is 4.57. The summed E-state index contributed by atoms with van der Waals surface area (Å²) in [5.74, 6) is 0.203. The van der Waals surface area contributed by atoms with Crippen molar-refractivity contribution in [2.45, 2.75) is 64.3 Å². The van der Waals surface area contributed by atoms with E-state index in [-0.39, 0.29) is 11.2 Å². The molecule has 2 rings (SSSR count). The van der Waals surface area contributed by atoms with E-state index in [1.165, 1.54) is 0 Å². The standard InChI is InChI=1S/C15H23NO2Si/c1-14-9-7-13(17)10-12(14)6-5-8-15(14,11-16)18-19(2,3)4/h10H,5-9H2,1-4H3/t14-,15?/m0/s1. The van der Waals surface area contributed by atoms with E-state index in [9.17, 15) is 10.1 Å². The minimum atomic E-state index is -1.81. The maximum atomic E-state index is 11.7. The molecule has 2 atom stereocenters. The van der Waals surface area contributed by atoms with Crippen LogP contribution in [-0.4, -0.2) is 19.7 Å². The zero-order valence-electron chi connectivity index (χ0n) is 12.4. The quantitative estimate of drug-likeness (QED) is 0.725. The highest BCUT2D eigenvalue weighted by Crippen LogP contribution is 2.54. The molecule has 0 aliphatic heterocycles. The van der Waals surface area contributed by atoms with Crippen molar-refractivity contribution in [3.8, 4) is 6.07 Å². The molecule has 0 saturated heterocycles. The minimum Gasteiger partial charge on any atom is -0.399 e. The second-order valence-corrected chi connectivity index (χ2v) is 11.4. The molecule has 19 heavy (non-hydrogen) atoms. The lowest BCUT2D eigenvalue weighted by molar-refractivity contribution is -0.117. The first-order chi connectivity index (χ1) is 8.72. The van der Waals surface area contributed by atoms with Crippen LogP contribution in [0.25, 0.3) is 0 Å². The number of hydrogen-bond donors (Lipinski definition) is 0. The highest BCUT2D eigenvalue weighted by molar-refractivity contribution is 6.69. The molecule has 3 nitrogen and oxygen atoms in total. The maximum absolute atomic E-state index is 11.7. The van der Waals surface area contributed by atoms with E-state index in [0.717, 1.165) is 31.3 Å². The predicted octanol–water partition coefficient (Wildman–Crippen LogP) is 3.58. The molecule has 1 fully saturated rings. The average molecular weight is 277 g/mol. The molecule has 0 radical (unpaired) electrons. The number of nitrogens with zero attached hydrogens (tertiary/aromatic N) is 1. The Balaban J connectivity index is 2.47. The van der Waals surface area contributed by atoms with Gasteiger partial charge in [0.2, 0.25) is 0 Å². The molecule has 0 aromatic rings. The lowest BCUT2D eigenvalue weighted by Crippen LogP contribution is -2.56. The predicted molar refractivity (Wildman–Crippen MR) is 77.1 cm³/mol. The van der Waals surface area contributed by atoms with Gasteiger partial charge < -0.3 is 4.43 Å². The van der Waals surface area contributed by atoms with Crippen molar-refractivity contribution in [1.82, 2.24) is 0 Å². The van der Waals surface area contributed by atoms with Crippen molar-refractivity contribution >= 4 is 14.1 Å². The summed E-state index contributed by atoms with van der Waals surface area (Å²) in [7, 11) is -1.81. The normalized spacial score (nSPS) is 35.3. The van der Waals surface area contributed by atoms with Gasteiger partial charge in [-0.15, -0.1) is 0 Å². The van der Waals surface area contributed by atoms with Crippen LogP contribution in [0, 0.1) is 16.7 Å². The van der Waals surface area contributed by atoms with Gasteiger partial charge in [-0.25, -0.2) is 0 Å². The SMILES string of the molecule is C[C@]12CCC(=O)C=C1CCCC2(C#N)O[Si](C)(C)C. The topological polar surface area (TPSA) is 50.1 Å². The van der Waals surface area contributed by atoms with Crippen LogP contribution in [0.2, 0.25) is 19.6 Å². The molecule has 0 aromatic carbocycles. The fraction of sp³-hybridized carbons (Fsp3) is 0.733. The van der Waals surface area contributed by atoms with E-state index in [0.29, 0.717) is 6.42 Å². The molecular formula is C15H23NO2Si. The molecule has 2 aliphatic rings. The summed E-state index contributed by atoms with van der Waals surface area (Å²) < 4.78 is 6.35. The van der Waals surface area contributed by atoms with Crippen LogP contribution in [0.1, 0.15) is 39.0 Å². The lowest BCUT2D eigenvalue weighted by Gasteiger charge is -2.52. The Hall–Kier alpha value is -0.923. The zero-order chi connectivity index (χ0) is 14.3. The van der Waals surface area contributed by atoms with E-state index < -0.39 is 13.9 Å². The van der Waals surface area contributed by atoms with Gasteiger partial charge in [0.25, 0.3) is 0 Å². The molecule has 0 heterocycles. The molecule has 0 aromatic heterocycles. The first kappa shape index (κ1) is 14.5. The Bertz CT molecular complexity index is 472. The Kier molecular flexibility index (Phi) is 3.48. The van der Waals surface area contributed by atoms with Crippen molar-refractivity contribution < 1.29 is 9.22 Å². The average Bonchev–Trinajstić information content (AvgIpc) is 2.30. The zero-order valence-corrected chi connectivity index (χ0v) is 13.4. The van der Waals surface area contributed by atoms with Gasteiger partial charge in [0.1, 0.15) is 0 Å². The molecule has 0 spiro atoms. The summed E-state index contributed by atoms with van der Waals surface area (Å²) >= 11 is 0. The first-order valence-corrected chi connectivity index (χ1v) is 10.5. The van der Waals surface area contributed by atoms with Crippen molar-refractivity contribution in [3.63, 3.8) is 0 Å². The molecule has 1 unspecified atom stereocenters. The molecule has 2 aliphatic carbocycles. The molecule has 104 valence electrons. The van der Waals surface area contributed by atoms with Crippen LogP contribution in [0.15, 0.2) is 11.6 Å². The van der Waals surface area contributed by atoms with Gasteiger partial charge in [0.05, 0.1) is 6.07 Å². The van der Waals surface area contributed by atoms with Crippen LogP contribution in [-0.2, 0) is 9.22 Å². The van der Waals surface area contributed by atoms with Crippen molar-refractivity contribution in [2.75, 3.05) is 0 Å². The van der Waals surface area contributed by atoms with Crippen LogP contribution in [0.4, 0.5) is 0 Å². The van der Waals surface area contributed by atoms with Crippen LogP contribution in [0.5, 0.6) is 0 Å². The number of rotatable bonds is 2. The number of carbonyl (C=O) groups is 1. The fourth-order valence-electron chi connectivity index (χ4n) is 3.46. The summed E-state index contributed by atoms with van der Waals surface area (Å²) in [6, 6.07) is 2.49. The summed E-state index contributed by atoms with van der Waals surface area (Å²) in [4.78, 5) is 11.7. The van der Waals surface area contributed by atoms with Gasteiger partial charge in [-0.3, -0.25) is 4.79 Å². The third kappa shape index (κ3) is 2.42. The van der Waals surface area contributed by atoms with Gasteiger partial charge in [0.15, 0.2) is 19.7 Å². The van der Waals surface area contributed by atoms with Gasteiger partial charge in [0, 0.05) is 11.8 Å². The highest BCUT2D eigenvalue weighted by Gasteiger charge is 2.56. The number of carbonyl (C=O) groups excluding carboxylic acids is 1. The van der Waals surface area contributed by atoms with Gasteiger partial charge in [-0.05, 0) is 51.4 Å². The van der Waals surface area contributed by atoms with E-state index in [1.807, 2.05) is 0 Å². The first-order valence-electron chi connectivity index (χ1n) is 7.08. The molecule has 4 heteroatoms. The minimum absolute atomic E-state index is 0.203. The number of nitriles is 1. The molecule has 0 bridgehead atoms. The largest absolute Gasteiger partial charge is 0.399 e. The summed E-state index contributed by atoms with van der Waals surface area (Å²) in [6.07, 6.45) is 5.72. The Morgan fingerprint density at radius 2 is 2.00 bits per heavy atom. The molecule has 0 N–H and O–H groups in total. The maximum Gasteiger partial charge on any atom is 0.185 e. The van der Waals surface area contributed by atoms with Crippen LogP contribution < -0.4 is 0 Å². The lowest BCUT2D eigenvalue weighted by atomic mass is 9.58. The van der Waals surface area contributed by atoms with Gasteiger partial charge in [-0.2, -0.15) is 5.26 Å². The van der Waals surface area contributed by atoms with Crippen LogP contribution in [0.3, 0.4) is 0 Å². The van der Waals surface area contributed by atoms with Crippen molar-refractivity contribution in [2.24, 2.45) is 5.41 Å². The third-order valence-electron chi connectivity index (χ3n) is 4.44. The highest BCUT2D eigenvalue weighted by atomic mass is 28.4. The smallest absolute Gasteiger partial charge is 0.185 e. The molecule has 0 amide bonds. The van der Waals surface area contributed by atoms with E-state index >= 15 is 0 Å². The second-order valence-electron chi connectivity index (χ2n) is 6.97. The fourth-order valence-corrected chi connectivity index (χ4v) is 4.88. The van der Waals surface area contributed by atoms with E-state index in [2.05, 4.69) is 32.6 Å². The van der Waals surface area contributed by atoms with E-state index in [4.69, 9.17) is 4.43 Å². The van der Waals surface area contributed by atoms with Gasteiger partial charge >= 0.3 is 0 Å². The number of ketones is 1. The Labute approximate surface area is 116 Å². The van der Waals surface area contributed by atoms with Gasteiger partial charge in [-0.1, -0.05) is 12.5 Å². The molecular weight excluding hydrogens is 254 g/mol. The van der Waals surface area contributed by atoms with Crippen molar-refractivity contribution in [3.05, 3.63) is 11.6 Å².